The third kappa shape index (κ3) is 1.90. The van der Waals surface area contributed by atoms with E-state index >= 15 is 0 Å². The molecule has 1 heterocycles. The molecule has 0 atom stereocenters. The molecular formula is C8H11FN2. The van der Waals surface area contributed by atoms with Crippen LogP contribution in [0.25, 0.3) is 0 Å². The van der Waals surface area contributed by atoms with E-state index in [2.05, 4.69) is 4.98 Å². The van der Waals surface area contributed by atoms with Crippen LogP contribution in [0, 0.1) is 5.82 Å². The maximum Gasteiger partial charge on any atom is 0.143 e. The van der Waals surface area contributed by atoms with Gasteiger partial charge in [-0.15, -0.1) is 0 Å². The Labute approximate surface area is 65.3 Å². The van der Waals surface area contributed by atoms with Gasteiger partial charge in [0.05, 0.1) is 17.6 Å². The predicted octanol–water partition coefficient (Wildman–Crippen LogP) is 1.76. The lowest BCUT2D eigenvalue weighted by Crippen LogP contribution is -1.98. The highest BCUT2D eigenvalue weighted by molar-refractivity contribution is 5.42. The summed E-state index contributed by atoms with van der Waals surface area (Å²) in [5, 5.41) is 0. The van der Waals surface area contributed by atoms with E-state index in [-0.39, 0.29) is 5.82 Å². The molecule has 11 heavy (non-hydrogen) atoms. The van der Waals surface area contributed by atoms with Crippen LogP contribution >= 0.6 is 0 Å². The molecule has 0 aliphatic rings. The smallest absolute Gasteiger partial charge is 0.143 e. The average molecular weight is 154 g/mol. The second-order valence-electron chi connectivity index (χ2n) is 2.44. The van der Waals surface area contributed by atoms with E-state index in [4.69, 9.17) is 5.73 Å². The summed E-state index contributed by atoms with van der Waals surface area (Å²) in [6.07, 6.45) is 2.98. The summed E-state index contributed by atoms with van der Waals surface area (Å²) < 4.78 is 12.4. The SMILES string of the molecule is CCCc1ncc(F)cc1N. The van der Waals surface area contributed by atoms with Gasteiger partial charge in [-0.2, -0.15) is 0 Å². The predicted molar refractivity (Wildman–Crippen MR) is 42.6 cm³/mol. The quantitative estimate of drug-likeness (QED) is 0.704. The zero-order valence-corrected chi connectivity index (χ0v) is 6.47. The van der Waals surface area contributed by atoms with Crippen molar-refractivity contribution in [2.24, 2.45) is 0 Å². The number of hydrogen-bond donors (Lipinski definition) is 1. The van der Waals surface area contributed by atoms with Crippen LogP contribution in [0.1, 0.15) is 19.0 Å². The van der Waals surface area contributed by atoms with Crippen molar-refractivity contribution in [2.45, 2.75) is 19.8 Å². The Morgan fingerprint density at radius 2 is 2.36 bits per heavy atom. The fourth-order valence-corrected chi connectivity index (χ4v) is 0.929. The molecule has 0 radical (unpaired) electrons. The van der Waals surface area contributed by atoms with Gasteiger partial charge in [-0.1, -0.05) is 13.3 Å². The van der Waals surface area contributed by atoms with Crippen LogP contribution in [0.2, 0.25) is 0 Å². The van der Waals surface area contributed by atoms with Gasteiger partial charge in [0.1, 0.15) is 5.82 Å². The van der Waals surface area contributed by atoms with Crippen LogP contribution in [-0.4, -0.2) is 4.98 Å². The third-order valence-electron chi connectivity index (χ3n) is 1.46. The number of aryl methyl sites for hydroxylation is 1. The molecule has 1 aromatic rings. The minimum absolute atomic E-state index is 0.373. The lowest BCUT2D eigenvalue weighted by atomic mass is 10.2. The Balaban J connectivity index is 2.90. The van der Waals surface area contributed by atoms with Crippen LogP contribution in [0.15, 0.2) is 12.3 Å². The number of anilines is 1. The first-order chi connectivity index (χ1) is 5.24. The molecule has 0 aliphatic heterocycles. The van der Waals surface area contributed by atoms with Gasteiger partial charge in [0, 0.05) is 6.07 Å². The summed E-state index contributed by atoms with van der Waals surface area (Å²) in [6.45, 7) is 2.03. The molecule has 60 valence electrons. The first kappa shape index (κ1) is 7.98. The third-order valence-corrected chi connectivity index (χ3v) is 1.46. The summed E-state index contributed by atoms with van der Waals surface area (Å²) >= 11 is 0. The molecule has 0 unspecified atom stereocenters. The monoisotopic (exact) mass is 154 g/mol. The molecule has 1 rings (SSSR count). The van der Waals surface area contributed by atoms with Crippen molar-refractivity contribution >= 4 is 5.69 Å². The van der Waals surface area contributed by atoms with Crippen LogP contribution in [0.3, 0.4) is 0 Å². The Bertz CT molecular complexity index is 248. The number of nitrogens with zero attached hydrogens (tertiary/aromatic N) is 1. The molecule has 0 bridgehead atoms. The molecule has 2 nitrogen and oxygen atoms in total. The molecule has 0 aromatic carbocycles. The molecule has 2 N–H and O–H groups in total. The maximum absolute atomic E-state index is 12.4. The second kappa shape index (κ2) is 3.32. The fraction of sp³-hybridized carbons (Fsp3) is 0.375. The lowest BCUT2D eigenvalue weighted by molar-refractivity contribution is 0.619. The normalized spacial score (nSPS) is 10.0. The molecule has 0 fully saturated rings. The Morgan fingerprint density at radius 3 is 2.91 bits per heavy atom. The van der Waals surface area contributed by atoms with Crippen molar-refractivity contribution in [3.8, 4) is 0 Å². The topological polar surface area (TPSA) is 38.9 Å². The van der Waals surface area contributed by atoms with Crippen molar-refractivity contribution in [3.05, 3.63) is 23.8 Å². The van der Waals surface area contributed by atoms with E-state index in [1.807, 2.05) is 6.92 Å². The first-order valence-electron chi connectivity index (χ1n) is 3.64. The van der Waals surface area contributed by atoms with Crippen molar-refractivity contribution < 1.29 is 4.39 Å². The fourth-order valence-electron chi connectivity index (χ4n) is 0.929. The summed E-state index contributed by atoms with van der Waals surface area (Å²) in [7, 11) is 0. The number of halogens is 1. The second-order valence-corrected chi connectivity index (χ2v) is 2.44. The van der Waals surface area contributed by atoms with Crippen LogP contribution in [0.4, 0.5) is 10.1 Å². The zero-order valence-electron chi connectivity index (χ0n) is 6.47. The number of rotatable bonds is 2. The summed E-state index contributed by atoms with van der Waals surface area (Å²) in [5.74, 6) is -0.373. The van der Waals surface area contributed by atoms with Gasteiger partial charge in [0.2, 0.25) is 0 Å². The number of nitrogen functional groups attached to an aromatic ring is 1. The highest BCUT2D eigenvalue weighted by atomic mass is 19.1. The van der Waals surface area contributed by atoms with E-state index in [9.17, 15) is 4.39 Å². The van der Waals surface area contributed by atoms with Crippen molar-refractivity contribution in [2.75, 3.05) is 5.73 Å². The zero-order chi connectivity index (χ0) is 8.27. The Kier molecular flexibility index (Phi) is 2.41. The van der Waals surface area contributed by atoms with E-state index < -0.39 is 0 Å². The van der Waals surface area contributed by atoms with Gasteiger partial charge in [-0.05, 0) is 6.42 Å². The Hall–Kier alpha value is -1.12. The van der Waals surface area contributed by atoms with Crippen molar-refractivity contribution in [1.82, 2.24) is 4.98 Å². The summed E-state index contributed by atoms with van der Waals surface area (Å²) in [5.41, 5.74) is 6.74. The molecule has 0 aliphatic carbocycles. The van der Waals surface area contributed by atoms with Crippen LogP contribution < -0.4 is 5.73 Å². The van der Waals surface area contributed by atoms with E-state index in [1.165, 1.54) is 12.3 Å². The van der Waals surface area contributed by atoms with Crippen LogP contribution in [0.5, 0.6) is 0 Å². The highest BCUT2D eigenvalue weighted by Crippen LogP contribution is 2.11. The number of aromatic nitrogens is 1. The largest absolute Gasteiger partial charge is 0.397 e. The van der Waals surface area contributed by atoms with E-state index in [0.29, 0.717) is 5.69 Å². The minimum Gasteiger partial charge on any atom is -0.397 e. The van der Waals surface area contributed by atoms with E-state index in [1.54, 1.807) is 0 Å². The number of hydrogen-bond acceptors (Lipinski definition) is 2. The molecule has 3 heteroatoms. The van der Waals surface area contributed by atoms with Gasteiger partial charge in [-0.25, -0.2) is 4.39 Å². The maximum atomic E-state index is 12.4. The van der Waals surface area contributed by atoms with Gasteiger partial charge < -0.3 is 5.73 Å². The van der Waals surface area contributed by atoms with Gasteiger partial charge >= 0.3 is 0 Å². The molecule has 0 saturated carbocycles. The van der Waals surface area contributed by atoms with Crippen molar-refractivity contribution in [1.29, 1.82) is 0 Å². The molecule has 0 spiro atoms. The van der Waals surface area contributed by atoms with Crippen LogP contribution in [-0.2, 0) is 6.42 Å². The van der Waals surface area contributed by atoms with Crippen molar-refractivity contribution in [3.63, 3.8) is 0 Å². The summed E-state index contributed by atoms with van der Waals surface area (Å²) in [4.78, 5) is 3.87. The van der Waals surface area contributed by atoms with Gasteiger partial charge in [0.15, 0.2) is 0 Å². The summed E-state index contributed by atoms with van der Waals surface area (Å²) in [6, 6.07) is 1.30. The van der Waals surface area contributed by atoms with E-state index in [0.717, 1.165) is 18.5 Å². The average Bonchev–Trinajstić information content (AvgIpc) is 1.95. The number of pyridine rings is 1. The minimum atomic E-state index is -0.373. The number of nitrogens with two attached hydrogens (primary N) is 1. The Morgan fingerprint density at radius 1 is 1.64 bits per heavy atom. The standard InChI is InChI=1S/C8H11FN2/c1-2-3-8-7(10)4-6(9)5-11-8/h4-5H,2-3,10H2,1H3. The highest BCUT2D eigenvalue weighted by Gasteiger charge is 1.99. The molecule has 1 aromatic heterocycles. The lowest BCUT2D eigenvalue weighted by Gasteiger charge is -2.01. The molecule has 0 saturated heterocycles. The first-order valence-corrected chi connectivity index (χ1v) is 3.64. The molecule has 0 amide bonds. The van der Waals surface area contributed by atoms with Gasteiger partial charge in [-0.3, -0.25) is 4.98 Å². The van der Waals surface area contributed by atoms with Gasteiger partial charge in [0.25, 0.3) is 0 Å². The molecular weight excluding hydrogens is 143 g/mol.